The van der Waals surface area contributed by atoms with Crippen LogP contribution in [-0.4, -0.2) is 46.8 Å². The number of aliphatic hydroxyl groups is 1. The van der Waals surface area contributed by atoms with E-state index in [1.165, 1.54) is 0 Å². The SMILES string of the molecule is COc1ccc2c(ccn2CC(=O)N(C)CC(C)(C)O)c1. The second-order valence-corrected chi connectivity index (χ2v) is 5.93. The first-order valence-electron chi connectivity index (χ1n) is 6.89. The van der Waals surface area contributed by atoms with Crippen LogP contribution in [0.15, 0.2) is 30.5 Å². The maximum Gasteiger partial charge on any atom is 0.242 e. The van der Waals surface area contributed by atoms with Crippen molar-refractivity contribution in [3.8, 4) is 5.75 Å². The Morgan fingerprint density at radius 2 is 2.10 bits per heavy atom. The van der Waals surface area contributed by atoms with Crippen molar-refractivity contribution in [1.82, 2.24) is 9.47 Å². The number of benzene rings is 1. The van der Waals surface area contributed by atoms with Crippen LogP contribution in [0.1, 0.15) is 13.8 Å². The highest BCUT2D eigenvalue weighted by molar-refractivity contribution is 5.84. The Morgan fingerprint density at radius 1 is 1.38 bits per heavy atom. The van der Waals surface area contributed by atoms with Crippen molar-refractivity contribution < 1.29 is 14.6 Å². The van der Waals surface area contributed by atoms with Gasteiger partial charge in [-0.3, -0.25) is 4.79 Å². The summed E-state index contributed by atoms with van der Waals surface area (Å²) in [6.45, 7) is 3.93. The Hall–Kier alpha value is -2.01. The quantitative estimate of drug-likeness (QED) is 0.914. The van der Waals surface area contributed by atoms with E-state index in [-0.39, 0.29) is 12.5 Å². The zero-order valence-corrected chi connectivity index (χ0v) is 13.0. The van der Waals surface area contributed by atoms with Crippen molar-refractivity contribution in [1.29, 1.82) is 0 Å². The molecular formula is C16H22N2O3. The molecule has 0 bridgehead atoms. The van der Waals surface area contributed by atoms with Gasteiger partial charge in [-0.2, -0.15) is 0 Å². The van der Waals surface area contributed by atoms with E-state index in [0.717, 1.165) is 16.7 Å². The van der Waals surface area contributed by atoms with Gasteiger partial charge in [0.25, 0.3) is 0 Å². The van der Waals surface area contributed by atoms with Crippen LogP contribution < -0.4 is 4.74 Å². The van der Waals surface area contributed by atoms with Crippen LogP contribution in [0.4, 0.5) is 0 Å². The second-order valence-electron chi connectivity index (χ2n) is 5.93. The van der Waals surface area contributed by atoms with E-state index >= 15 is 0 Å². The largest absolute Gasteiger partial charge is 0.497 e. The number of hydrogen-bond donors (Lipinski definition) is 1. The number of amides is 1. The molecule has 1 amide bonds. The first-order valence-corrected chi connectivity index (χ1v) is 6.89. The molecule has 0 saturated heterocycles. The molecule has 0 aliphatic heterocycles. The molecule has 2 aromatic rings. The van der Waals surface area contributed by atoms with Gasteiger partial charge in [0.15, 0.2) is 0 Å². The molecule has 1 aromatic carbocycles. The molecule has 0 fully saturated rings. The van der Waals surface area contributed by atoms with E-state index in [1.54, 1.807) is 32.9 Å². The Bertz CT molecular complexity index is 640. The highest BCUT2D eigenvalue weighted by Crippen LogP contribution is 2.21. The van der Waals surface area contributed by atoms with E-state index < -0.39 is 5.60 Å². The number of carbonyl (C=O) groups is 1. The van der Waals surface area contributed by atoms with Crippen LogP contribution in [0.25, 0.3) is 10.9 Å². The molecule has 0 spiro atoms. The van der Waals surface area contributed by atoms with E-state index in [4.69, 9.17) is 4.74 Å². The van der Waals surface area contributed by atoms with Crippen LogP contribution >= 0.6 is 0 Å². The lowest BCUT2D eigenvalue weighted by Crippen LogP contribution is -2.41. The van der Waals surface area contributed by atoms with Gasteiger partial charge in [0.05, 0.1) is 12.7 Å². The van der Waals surface area contributed by atoms with Gasteiger partial charge in [0.2, 0.25) is 5.91 Å². The third-order valence-corrected chi connectivity index (χ3v) is 3.33. The highest BCUT2D eigenvalue weighted by atomic mass is 16.5. The summed E-state index contributed by atoms with van der Waals surface area (Å²) in [5.74, 6) is 0.760. The molecule has 5 heteroatoms. The molecular weight excluding hydrogens is 268 g/mol. The van der Waals surface area contributed by atoms with E-state index in [0.29, 0.717) is 6.54 Å². The molecule has 0 unspecified atom stereocenters. The predicted octanol–water partition coefficient (Wildman–Crippen LogP) is 1.88. The molecule has 1 heterocycles. The normalized spacial score (nSPS) is 11.7. The lowest BCUT2D eigenvalue weighted by molar-refractivity contribution is -0.133. The first-order chi connectivity index (χ1) is 9.80. The molecule has 1 N–H and O–H groups in total. The summed E-state index contributed by atoms with van der Waals surface area (Å²) in [5.41, 5.74) is 0.0945. The van der Waals surface area contributed by atoms with Crippen LogP contribution in [0, 0.1) is 0 Å². The molecule has 114 valence electrons. The smallest absolute Gasteiger partial charge is 0.242 e. The van der Waals surface area contributed by atoms with E-state index in [9.17, 15) is 9.90 Å². The standard InChI is InChI=1S/C16H22N2O3/c1-16(2,20)11-17(3)15(19)10-18-8-7-12-9-13(21-4)5-6-14(12)18/h5-9,20H,10-11H2,1-4H3. The molecule has 0 atom stereocenters. The van der Waals surface area contributed by atoms with Crippen LogP contribution in [-0.2, 0) is 11.3 Å². The maximum absolute atomic E-state index is 12.2. The highest BCUT2D eigenvalue weighted by Gasteiger charge is 2.19. The fourth-order valence-corrected chi connectivity index (χ4v) is 2.38. The minimum Gasteiger partial charge on any atom is -0.497 e. The molecule has 5 nitrogen and oxygen atoms in total. The molecule has 0 radical (unpaired) electrons. The predicted molar refractivity (Wildman–Crippen MR) is 82.4 cm³/mol. The molecule has 2 rings (SSSR count). The van der Waals surface area contributed by atoms with Crippen molar-refractivity contribution >= 4 is 16.8 Å². The molecule has 0 saturated carbocycles. The molecule has 0 aliphatic carbocycles. The zero-order chi connectivity index (χ0) is 15.6. The Labute approximate surface area is 124 Å². The van der Waals surface area contributed by atoms with Gasteiger partial charge in [-0.15, -0.1) is 0 Å². The van der Waals surface area contributed by atoms with Crippen molar-refractivity contribution in [2.24, 2.45) is 0 Å². The number of carbonyl (C=O) groups excluding carboxylic acids is 1. The number of likely N-dealkylation sites (N-methyl/N-ethyl adjacent to an activating group) is 1. The van der Waals surface area contributed by atoms with Gasteiger partial charge in [0.1, 0.15) is 12.3 Å². The lowest BCUT2D eigenvalue weighted by Gasteiger charge is -2.25. The number of fused-ring (bicyclic) bond motifs is 1. The third kappa shape index (κ3) is 3.76. The van der Waals surface area contributed by atoms with Gasteiger partial charge in [0, 0.05) is 30.7 Å². The number of ether oxygens (including phenoxy) is 1. The second kappa shape index (κ2) is 5.77. The Kier molecular flexibility index (Phi) is 4.23. The van der Waals surface area contributed by atoms with Gasteiger partial charge in [-0.1, -0.05) is 0 Å². The Morgan fingerprint density at radius 3 is 2.71 bits per heavy atom. The Balaban J connectivity index is 2.14. The van der Waals surface area contributed by atoms with Crippen molar-refractivity contribution in [3.05, 3.63) is 30.5 Å². The number of rotatable bonds is 5. The zero-order valence-electron chi connectivity index (χ0n) is 13.0. The number of methoxy groups -OCH3 is 1. The molecule has 21 heavy (non-hydrogen) atoms. The summed E-state index contributed by atoms with van der Waals surface area (Å²) >= 11 is 0. The summed E-state index contributed by atoms with van der Waals surface area (Å²) in [4.78, 5) is 13.8. The van der Waals surface area contributed by atoms with Gasteiger partial charge >= 0.3 is 0 Å². The average molecular weight is 290 g/mol. The summed E-state index contributed by atoms with van der Waals surface area (Å²) in [6.07, 6.45) is 1.89. The van der Waals surface area contributed by atoms with Crippen LogP contribution in [0.5, 0.6) is 5.75 Å². The van der Waals surface area contributed by atoms with Crippen molar-refractivity contribution in [2.75, 3.05) is 20.7 Å². The van der Waals surface area contributed by atoms with Crippen molar-refractivity contribution in [2.45, 2.75) is 26.0 Å². The van der Waals surface area contributed by atoms with E-state index in [2.05, 4.69) is 0 Å². The van der Waals surface area contributed by atoms with Crippen LogP contribution in [0.2, 0.25) is 0 Å². The van der Waals surface area contributed by atoms with Gasteiger partial charge in [-0.05, 0) is 38.1 Å². The minimum atomic E-state index is -0.892. The summed E-state index contributed by atoms with van der Waals surface area (Å²) in [6, 6.07) is 7.72. The summed E-state index contributed by atoms with van der Waals surface area (Å²) in [5, 5.41) is 10.8. The summed E-state index contributed by atoms with van der Waals surface area (Å²) < 4.78 is 7.09. The monoisotopic (exact) mass is 290 g/mol. The van der Waals surface area contributed by atoms with E-state index in [1.807, 2.05) is 35.0 Å². The topological polar surface area (TPSA) is 54.7 Å². The number of hydrogen-bond acceptors (Lipinski definition) is 3. The number of aromatic nitrogens is 1. The van der Waals surface area contributed by atoms with Gasteiger partial charge < -0.3 is 19.3 Å². The number of nitrogens with zero attached hydrogens (tertiary/aromatic N) is 2. The third-order valence-electron chi connectivity index (χ3n) is 3.33. The van der Waals surface area contributed by atoms with Crippen molar-refractivity contribution in [3.63, 3.8) is 0 Å². The molecule has 0 aliphatic rings. The maximum atomic E-state index is 12.2. The van der Waals surface area contributed by atoms with Crippen LogP contribution in [0.3, 0.4) is 0 Å². The average Bonchev–Trinajstić information content (AvgIpc) is 2.79. The van der Waals surface area contributed by atoms with Gasteiger partial charge in [-0.25, -0.2) is 0 Å². The fraction of sp³-hybridized carbons (Fsp3) is 0.438. The summed E-state index contributed by atoms with van der Waals surface area (Å²) in [7, 11) is 3.34. The molecule has 1 aromatic heterocycles. The first kappa shape index (κ1) is 15.4. The minimum absolute atomic E-state index is 0.0366. The fourth-order valence-electron chi connectivity index (χ4n) is 2.38. The lowest BCUT2D eigenvalue weighted by atomic mass is 10.1.